The van der Waals surface area contributed by atoms with Crippen LogP contribution >= 0.6 is 11.6 Å². The first-order valence-electron chi connectivity index (χ1n) is 8.53. The highest BCUT2D eigenvalue weighted by atomic mass is 35.5. The number of fused-ring (bicyclic) bond motifs is 9. The fraction of sp³-hybridized carbons (Fsp3) is 0.316. The van der Waals surface area contributed by atoms with Crippen molar-refractivity contribution >= 4 is 22.6 Å². The maximum atomic E-state index is 12.7. The van der Waals surface area contributed by atoms with Crippen molar-refractivity contribution in [2.45, 2.75) is 38.3 Å². The Labute approximate surface area is 153 Å². The molecule has 26 heavy (non-hydrogen) atoms. The maximum Gasteiger partial charge on any atom is 0.345 e. The summed E-state index contributed by atoms with van der Waals surface area (Å²) in [7, 11) is 0. The molecule has 0 spiro atoms. The average Bonchev–Trinajstić information content (AvgIpc) is 3.09. The Balaban J connectivity index is 1.72. The van der Waals surface area contributed by atoms with Gasteiger partial charge in [-0.1, -0.05) is 29.8 Å². The summed E-state index contributed by atoms with van der Waals surface area (Å²) in [6.45, 7) is -2.38. The predicted molar refractivity (Wildman–Crippen MR) is 94.3 cm³/mol. The Hall–Kier alpha value is -2.02. The lowest BCUT2D eigenvalue weighted by Crippen LogP contribution is -2.20. The molecule has 134 valence electrons. The number of halogens is 3. The summed E-state index contributed by atoms with van der Waals surface area (Å²) in [5.74, 6) is 0.988. The van der Waals surface area contributed by atoms with Crippen LogP contribution in [0.25, 0.3) is 11.0 Å². The first kappa shape index (κ1) is 16.2. The summed E-state index contributed by atoms with van der Waals surface area (Å²) in [6, 6.07) is 11.9. The number of aromatic nitrogens is 2. The van der Waals surface area contributed by atoms with Crippen LogP contribution in [0.3, 0.4) is 0 Å². The largest absolute Gasteiger partial charge is 0.345 e. The molecule has 0 amide bonds. The van der Waals surface area contributed by atoms with Crippen LogP contribution in [0, 0.1) is 0 Å². The number of nitrogens with zero attached hydrogens (tertiary/aromatic N) is 2. The molecule has 0 radical (unpaired) electrons. The Morgan fingerprint density at radius 1 is 1.27 bits per heavy atom. The van der Waals surface area contributed by atoms with Gasteiger partial charge in [0.1, 0.15) is 5.82 Å². The van der Waals surface area contributed by atoms with Crippen molar-refractivity contribution in [3.05, 3.63) is 63.9 Å². The van der Waals surface area contributed by atoms with Crippen molar-refractivity contribution in [1.29, 1.82) is 0 Å². The Kier molecular flexibility index (Phi) is 3.74. The van der Waals surface area contributed by atoms with Crippen LogP contribution in [0.4, 0.5) is 8.78 Å². The van der Waals surface area contributed by atoms with E-state index in [2.05, 4.69) is 14.6 Å². The Morgan fingerprint density at radius 2 is 2.12 bits per heavy atom. The van der Waals surface area contributed by atoms with E-state index in [0.29, 0.717) is 17.1 Å². The third-order valence-electron chi connectivity index (χ3n) is 5.32. The molecule has 2 bridgehead atoms. The van der Waals surface area contributed by atoms with Crippen molar-refractivity contribution < 1.29 is 13.5 Å². The molecule has 1 N–H and O–H groups in total. The van der Waals surface area contributed by atoms with E-state index in [4.69, 9.17) is 16.6 Å². The minimum atomic E-state index is -2.83. The lowest BCUT2D eigenvalue weighted by Gasteiger charge is -2.23. The van der Waals surface area contributed by atoms with E-state index in [1.807, 2.05) is 30.3 Å². The Bertz CT molecular complexity index is 1000. The standard InChI is InChI=1S/C19H16ClF2N3O/c20-12-6-5-10-8-23-14-7-16(17(10)11(12)9-26-19(21)22)25-15-4-2-1-3-13(15)24-18(14)25/h1-6,14,16,19,23H,7-9H2/t14-,16-/m1/s1. The third-order valence-corrected chi connectivity index (χ3v) is 5.68. The first-order valence-corrected chi connectivity index (χ1v) is 8.91. The van der Waals surface area contributed by atoms with Crippen LogP contribution in [0.2, 0.25) is 5.02 Å². The second kappa shape index (κ2) is 6.01. The normalized spacial score (nSPS) is 21.1. The lowest BCUT2D eigenvalue weighted by atomic mass is 9.94. The summed E-state index contributed by atoms with van der Waals surface area (Å²) in [5.41, 5.74) is 4.68. The molecule has 7 heteroatoms. The topological polar surface area (TPSA) is 39.1 Å². The third kappa shape index (κ3) is 2.36. The monoisotopic (exact) mass is 375 g/mol. The highest BCUT2D eigenvalue weighted by Crippen LogP contribution is 2.46. The summed E-state index contributed by atoms with van der Waals surface area (Å²) in [4.78, 5) is 4.79. The number of hydrogen-bond acceptors (Lipinski definition) is 3. The molecule has 0 saturated carbocycles. The molecule has 2 atom stereocenters. The van der Waals surface area contributed by atoms with Crippen molar-refractivity contribution in [1.82, 2.24) is 14.9 Å². The van der Waals surface area contributed by atoms with Gasteiger partial charge in [-0.2, -0.15) is 8.78 Å². The number of nitrogens with one attached hydrogen (secondary N) is 1. The van der Waals surface area contributed by atoms with Gasteiger partial charge in [0.15, 0.2) is 0 Å². The molecule has 1 aromatic heterocycles. The number of para-hydroxylation sites is 2. The molecule has 2 aliphatic rings. The SMILES string of the molecule is FC(F)OCc1c(Cl)ccc2c1[C@H]1C[C@@H](NC2)c2nc3ccccc3n21. The first-order chi connectivity index (χ1) is 12.6. The molecular weight excluding hydrogens is 360 g/mol. The van der Waals surface area contributed by atoms with Crippen LogP contribution in [-0.2, 0) is 17.9 Å². The molecule has 0 aliphatic carbocycles. The molecule has 2 aromatic carbocycles. The van der Waals surface area contributed by atoms with Crippen LogP contribution < -0.4 is 5.32 Å². The van der Waals surface area contributed by atoms with Crippen LogP contribution in [-0.4, -0.2) is 16.2 Å². The van der Waals surface area contributed by atoms with Gasteiger partial charge in [0, 0.05) is 17.1 Å². The molecule has 2 aliphatic heterocycles. The Morgan fingerprint density at radius 3 is 2.96 bits per heavy atom. The van der Waals surface area contributed by atoms with Gasteiger partial charge in [0.2, 0.25) is 0 Å². The van der Waals surface area contributed by atoms with E-state index in [1.54, 1.807) is 6.07 Å². The van der Waals surface area contributed by atoms with E-state index in [-0.39, 0.29) is 18.7 Å². The fourth-order valence-electron chi connectivity index (χ4n) is 4.27. The maximum absolute atomic E-state index is 12.7. The number of hydrogen-bond donors (Lipinski definition) is 1. The van der Waals surface area contributed by atoms with Gasteiger partial charge >= 0.3 is 6.61 Å². The van der Waals surface area contributed by atoms with E-state index in [9.17, 15) is 8.78 Å². The second-order valence-electron chi connectivity index (χ2n) is 6.68. The molecule has 4 nitrogen and oxygen atoms in total. The molecule has 0 fully saturated rings. The highest BCUT2D eigenvalue weighted by Gasteiger charge is 2.39. The van der Waals surface area contributed by atoms with Gasteiger partial charge in [0.25, 0.3) is 0 Å². The fourth-order valence-corrected chi connectivity index (χ4v) is 4.49. The molecule has 3 aromatic rings. The summed E-state index contributed by atoms with van der Waals surface area (Å²) in [6.07, 6.45) is 0.822. The van der Waals surface area contributed by atoms with Crippen molar-refractivity contribution in [2.75, 3.05) is 0 Å². The number of benzene rings is 2. The number of alkyl halides is 2. The number of rotatable bonds is 3. The summed E-state index contributed by atoms with van der Waals surface area (Å²) < 4.78 is 32.1. The average molecular weight is 376 g/mol. The lowest BCUT2D eigenvalue weighted by molar-refractivity contribution is -0.137. The molecule has 0 saturated heterocycles. The highest BCUT2D eigenvalue weighted by molar-refractivity contribution is 6.31. The second-order valence-corrected chi connectivity index (χ2v) is 7.09. The number of imidazole rings is 1. The van der Waals surface area contributed by atoms with Gasteiger partial charge in [-0.15, -0.1) is 0 Å². The minimum absolute atomic E-state index is 0.00220. The van der Waals surface area contributed by atoms with Gasteiger partial charge in [-0.05, 0) is 35.7 Å². The van der Waals surface area contributed by atoms with E-state index < -0.39 is 6.61 Å². The van der Waals surface area contributed by atoms with Crippen molar-refractivity contribution in [2.24, 2.45) is 0 Å². The quantitative estimate of drug-likeness (QED) is 0.729. The van der Waals surface area contributed by atoms with Gasteiger partial charge < -0.3 is 14.6 Å². The van der Waals surface area contributed by atoms with Gasteiger partial charge in [0.05, 0.1) is 29.7 Å². The number of ether oxygens (including phenoxy) is 1. The van der Waals surface area contributed by atoms with Crippen LogP contribution in [0.15, 0.2) is 36.4 Å². The summed E-state index contributed by atoms with van der Waals surface area (Å²) in [5, 5.41) is 4.00. The minimum Gasteiger partial charge on any atom is -0.319 e. The molecular formula is C19H16ClF2N3O. The van der Waals surface area contributed by atoms with E-state index in [0.717, 1.165) is 34.4 Å². The van der Waals surface area contributed by atoms with Crippen molar-refractivity contribution in [3.8, 4) is 0 Å². The zero-order valence-electron chi connectivity index (χ0n) is 13.8. The molecule has 5 rings (SSSR count). The van der Waals surface area contributed by atoms with Crippen molar-refractivity contribution in [3.63, 3.8) is 0 Å². The van der Waals surface area contributed by atoms with E-state index >= 15 is 0 Å². The zero-order chi connectivity index (χ0) is 17.8. The van der Waals surface area contributed by atoms with Crippen LogP contribution in [0.5, 0.6) is 0 Å². The van der Waals surface area contributed by atoms with E-state index in [1.165, 1.54) is 0 Å². The van der Waals surface area contributed by atoms with Crippen LogP contribution in [0.1, 0.15) is 41.0 Å². The zero-order valence-corrected chi connectivity index (χ0v) is 14.5. The molecule has 0 unspecified atom stereocenters. The molecule has 3 heterocycles. The smallest absolute Gasteiger partial charge is 0.319 e. The summed E-state index contributed by atoms with van der Waals surface area (Å²) >= 11 is 6.38. The van der Waals surface area contributed by atoms with Gasteiger partial charge in [-0.25, -0.2) is 4.98 Å². The predicted octanol–water partition coefficient (Wildman–Crippen LogP) is 4.57. The van der Waals surface area contributed by atoms with Gasteiger partial charge in [-0.3, -0.25) is 0 Å².